The summed E-state index contributed by atoms with van der Waals surface area (Å²) in [5, 5.41) is 112. The van der Waals surface area contributed by atoms with E-state index in [1.165, 1.54) is 61.5 Å². The van der Waals surface area contributed by atoms with Crippen LogP contribution in [0.2, 0.25) is 0 Å². The van der Waals surface area contributed by atoms with Crippen molar-refractivity contribution in [2.45, 2.75) is 127 Å². The smallest absolute Gasteiger partial charge is 0.240 e. The van der Waals surface area contributed by atoms with Crippen LogP contribution in [0.25, 0.3) is 22.3 Å². The summed E-state index contributed by atoms with van der Waals surface area (Å²) >= 11 is 0. The molecule has 5 rings (SSSR count). The van der Waals surface area contributed by atoms with Gasteiger partial charge in [-0.25, -0.2) is 0 Å². The number of hydrogen-bond acceptors (Lipinski definition) is 16. The summed E-state index contributed by atoms with van der Waals surface area (Å²) in [6, 6.07) is 5.28. The topological polar surface area (TPSA) is 269 Å². The van der Waals surface area contributed by atoms with E-state index in [2.05, 4.69) is 0 Å². The van der Waals surface area contributed by atoms with Crippen LogP contribution in [0.4, 0.5) is 0 Å². The van der Waals surface area contributed by atoms with Crippen LogP contribution < -0.4 is 10.2 Å². The molecule has 2 saturated heterocycles. The van der Waals surface area contributed by atoms with Crippen molar-refractivity contribution in [1.82, 2.24) is 0 Å². The summed E-state index contributed by atoms with van der Waals surface area (Å²) < 4.78 is 30.4. The van der Waals surface area contributed by atoms with Gasteiger partial charge in [0.05, 0.1) is 5.60 Å². The number of ether oxygens (including phenoxy) is 4. The second-order valence-electron chi connectivity index (χ2n) is 16.4. The minimum atomic E-state index is -2.91. The Hall–Kier alpha value is -3.71. The molecule has 8 atom stereocenters. The van der Waals surface area contributed by atoms with E-state index in [1.807, 2.05) is 0 Å². The molecule has 53 heavy (non-hydrogen) atoms. The van der Waals surface area contributed by atoms with Crippen LogP contribution >= 0.6 is 0 Å². The molecule has 2 aliphatic rings. The Kier molecular flexibility index (Phi) is 8.71. The van der Waals surface area contributed by atoms with E-state index in [0.29, 0.717) is 0 Å². The van der Waals surface area contributed by atoms with Crippen molar-refractivity contribution in [3.8, 4) is 40.1 Å². The molecule has 2 aliphatic heterocycles. The van der Waals surface area contributed by atoms with Gasteiger partial charge in [0.15, 0.2) is 23.0 Å². The molecule has 3 heterocycles. The van der Waals surface area contributed by atoms with E-state index in [4.69, 9.17) is 23.4 Å². The lowest BCUT2D eigenvalue weighted by atomic mass is 9.57. The molecular formula is C37H50O16. The molecule has 0 radical (unpaired) electrons. The van der Waals surface area contributed by atoms with Gasteiger partial charge in [0.2, 0.25) is 22.8 Å². The molecule has 10 N–H and O–H groups in total. The number of phenols is 4. The van der Waals surface area contributed by atoms with Crippen molar-refractivity contribution in [1.29, 1.82) is 0 Å². The molecular weight excluding hydrogens is 700 g/mol. The van der Waals surface area contributed by atoms with Crippen LogP contribution in [-0.2, 0) is 14.2 Å². The standard InChI is InChI=1S/C37H50O16/c1-28(2)30(5,43)36(11,51-27-25(42)24-22(41)15-19(38)16-23(24)50-26(27)18-12-13-20(39)21(40)14-18)53-37(48,31(28,6)44)17-49-35(10)34(9,47)33(8,46)32(7,45)29(3,4)52-35/h12-16,38-41,43-48H,17H2,1-11H3/t30-,31+,32+,33-,34-,35-,36-,37-/m1/s1. The molecule has 0 unspecified atom stereocenters. The quantitative estimate of drug-likeness (QED) is 0.162. The van der Waals surface area contributed by atoms with Gasteiger partial charge in [0, 0.05) is 30.0 Å². The van der Waals surface area contributed by atoms with Gasteiger partial charge >= 0.3 is 0 Å². The number of phenolic OH excluding ortho intramolecular Hbond substituents is 4. The second kappa shape index (κ2) is 11.4. The van der Waals surface area contributed by atoms with Crippen LogP contribution in [0, 0.1) is 5.41 Å². The molecule has 16 heteroatoms. The van der Waals surface area contributed by atoms with Gasteiger partial charge in [-0.05, 0) is 73.6 Å². The lowest BCUT2D eigenvalue weighted by molar-refractivity contribution is -0.500. The van der Waals surface area contributed by atoms with Crippen molar-refractivity contribution in [2.24, 2.45) is 5.41 Å². The highest BCUT2D eigenvalue weighted by Gasteiger charge is 2.77. The number of aromatic hydroxyl groups is 4. The molecule has 0 bridgehead atoms. The van der Waals surface area contributed by atoms with Gasteiger partial charge in [0.1, 0.15) is 57.1 Å². The van der Waals surface area contributed by atoms with Crippen molar-refractivity contribution in [2.75, 3.05) is 6.61 Å². The van der Waals surface area contributed by atoms with E-state index in [-0.39, 0.29) is 11.1 Å². The molecule has 3 aromatic rings. The predicted molar refractivity (Wildman–Crippen MR) is 186 cm³/mol. The van der Waals surface area contributed by atoms with Crippen LogP contribution in [0.5, 0.6) is 28.7 Å². The van der Waals surface area contributed by atoms with E-state index < -0.39 is 108 Å². The highest BCUT2D eigenvalue weighted by Crippen LogP contribution is 2.59. The fourth-order valence-electron chi connectivity index (χ4n) is 7.34. The van der Waals surface area contributed by atoms with Crippen molar-refractivity contribution in [3.05, 3.63) is 40.6 Å². The Morgan fingerprint density at radius 3 is 1.77 bits per heavy atom. The maximum Gasteiger partial charge on any atom is 0.240 e. The van der Waals surface area contributed by atoms with Gasteiger partial charge in [-0.15, -0.1) is 0 Å². The van der Waals surface area contributed by atoms with Crippen LogP contribution in [0.15, 0.2) is 39.5 Å². The zero-order valence-electron chi connectivity index (χ0n) is 31.5. The Morgan fingerprint density at radius 1 is 0.623 bits per heavy atom. The first-order chi connectivity index (χ1) is 23.7. The maximum absolute atomic E-state index is 14.2. The first-order valence-corrected chi connectivity index (χ1v) is 16.8. The van der Waals surface area contributed by atoms with E-state index in [9.17, 15) is 55.9 Å². The first-order valence-electron chi connectivity index (χ1n) is 16.8. The van der Waals surface area contributed by atoms with Gasteiger partial charge < -0.3 is 74.4 Å². The molecule has 1 aromatic heterocycles. The average Bonchev–Trinajstić information content (AvgIpc) is 3.00. The Bertz CT molecular complexity index is 2020. The van der Waals surface area contributed by atoms with Gasteiger partial charge in [-0.2, -0.15) is 0 Å². The minimum absolute atomic E-state index is 0.0591. The molecule has 294 valence electrons. The van der Waals surface area contributed by atoms with Gasteiger partial charge in [-0.1, -0.05) is 13.8 Å². The van der Waals surface area contributed by atoms with E-state index >= 15 is 0 Å². The number of hydrogen-bond donors (Lipinski definition) is 10. The van der Waals surface area contributed by atoms with Crippen molar-refractivity contribution in [3.63, 3.8) is 0 Å². The summed E-state index contributed by atoms with van der Waals surface area (Å²) in [5.74, 6) is -11.2. The van der Waals surface area contributed by atoms with Gasteiger partial charge in [0.25, 0.3) is 0 Å². The van der Waals surface area contributed by atoms with Crippen molar-refractivity contribution < 1.29 is 74.4 Å². The molecule has 2 aromatic carbocycles. The number of benzene rings is 2. The Balaban J connectivity index is 1.68. The van der Waals surface area contributed by atoms with Crippen LogP contribution in [-0.4, -0.2) is 109 Å². The third-order valence-corrected chi connectivity index (χ3v) is 12.8. The largest absolute Gasteiger partial charge is 0.508 e. The minimum Gasteiger partial charge on any atom is -0.508 e. The SMILES string of the molecule is CC1(C)O[C@@](C)(OC[C@@]2(O)O[C@@](C)(Oc3c(-c4ccc(O)c(O)c4)oc4cc(O)cc(O)c4c3=O)[C@](C)(O)C(C)(C)[C@]2(C)O)[C@](C)(O)[C@](C)(O)[C@@]1(C)O. The summed E-state index contributed by atoms with van der Waals surface area (Å²) in [7, 11) is 0. The maximum atomic E-state index is 14.2. The van der Waals surface area contributed by atoms with E-state index in [0.717, 1.165) is 45.0 Å². The molecule has 0 aliphatic carbocycles. The summed E-state index contributed by atoms with van der Waals surface area (Å²) in [6.45, 7) is 13.0. The second-order valence-corrected chi connectivity index (χ2v) is 16.4. The average molecular weight is 751 g/mol. The molecule has 0 saturated carbocycles. The fourth-order valence-corrected chi connectivity index (χ4v) is 7.34. The zero-order chi connectivity index (χ0) is 40.6. The van der Waals surface area contributed by atoms with Gasteiger partial charge in [-0.3, -0.25) is 4.79 Å². The molecule has 2 fully saturated rings. The highest BCUT2D eigenvalue weighted by molar-refractivity contribution is 5.88. The third kappa shape index (κ3) is 5.18. The van der Waals surface area contributed by atoms with E-state index in [1.54, 1.807) is 0 Å². The number of aliphatic hydroxyl groups is 6. The lowest BCUT2D eigenvalue weighted by Crippen LogP contribution is -2.85. The third-order valence-electron chi connectivity index (χ3n) is 12.8. The summed E-state index contributed by atoms with van der Waals surface area (Å²) in [6.07, 6.45) is 0. The fraction of sp³-hybridized carbons (Fsp3) is 0.595. The van der Waals surface area contributed by atoms with Crippen molar-refractivity contribution >= 4 is 11.0 Å². The normalized spacial score (nSPS) is 39.6. The molecule has 0 spiro atoms. The number of rotatable bonds is 6. The molecule has 0 amide bonds. The highest BCUT2D eigenvalue weighted by atomic mass is 16.8. The zero-order valence-corrected chi connectivity index (χ0v) is 31.5. The predicted octanol–water partition coefficient (Wildman–Crippen LogP) is 2.42. The Labute approximate surface area is 305 Å². The summed E-state index contributed by atoms with van der Waals surface area (Å²) in [4.78, 5) is 14.2. The first kappa shape index (κ1) is 40.5. The lowest BCUT2D eigenvalue weighted by Gasteiger charge is -2.66. The van der Waals surface area contributed by atoms with Crippen LogP contribution in [0.3, 0.4) is 0 Å². The summed E-state index contributed by atoms with van der Waals surface area (Å²) in [5.41, 5.74) is -16.4. The molecule has 16 nitrogen and oxygen atoms in total. The number of fused-ring (bicyclic) bond motifs is 1. The Morgan fingerprint density at radius 2 is 1.21 bits per heavy atom. The van der Waals surface area contributed by atoms with Crippen LogP contribution in [0.1, 0.15) is 76.2 Å². The monoisotopic (exact) mass is 750 g/mol.